The highest BCUT2D eigenvalue weighted by atomic mass is 15.1. The highest BCUT2D eigenvalue weighted by Gasteiger charge is 2.05. The molecule has 0 fully saturated rings. The van der Waals surface area contributed by atoms with Crippen LogP contribution in [0.2, 0.25) is 0 Å². The molecule has 0 heterocycles. The zero-order valence-corrected chi connectivity index (χ0v) is 14.3. The lowest BCUT2D eigenvalue weighted by Gasteiger charge is -2.22. The van der Waals surface area contributed by atoms with Gasteiger partial charge in [0.2, 0.25) is 0 Å². The van der Waals surface area contributed by atoms with Crippen LogP contribution in [-0.2, 0) is 6.54 Å². The second-order valence-corrected chi connectivity index (χ2v) is 6.24. The van der Waals surface area contributed by atoms with Gasteiger partial charge in [-0.2, -0.15) is 0 Å². The average Bonchev–Trinajstić information content (AvgIpc) is 2.52. The van der Waals surface area contributed by atoms with Gasteiger partial charge in [-0.05, 0) is 31.5 Å². The van der Waals surface area contributed by atoms with Crippen molar-refractivity contribution in [1.29, 1.82) is 0 Å². The average molecular weight is 290 g/mol. The topological polar surface area (TPSA) is 3.24 Å². The summed E-state index contributed by atoms with van der Waals surface area (Å²) in [6.45, 7) is 8.24. The summed E-state index contributed by atoms with van der Waals surface area (Å²) < 4.78 is 0. The molecule has 1 nitrogen and oxygen atoms in total. The van der Waals surface area contributed by atoms with Crippen LogP contribution in [0.25, 0.3) is 0 Å². The minimum Gasteiger partial charge on any atom is -0.299 e. The van der Waals surface area contributed by atoms with Crippen molar-refractivity contribution in [1.82, 2.24) is 4.90 Å². The monoisotopic (exact) mass is 289 g/mol. The molecule has 0 spiro atoms. The molecule has 0 saturated heterocycles. The summed E-state index contributed by atoms with van der Waals surface area (Å²) in [5.74, 6) is 0. The van der Waals surface area contributed by atoms with E-state index in [-0.39, 0.29) is 0 Å². The van der Waals surface area contributed by atoms with Gasteiger partial charge in [-0.3, -0.25) is 4.90 Å². The maximum atomic E-state index is 2.66. The van der Waals surface area contributed by atoms with Crippen LogP contribution in [0.3, 0.4) is 0 Å². The highest BCUT2D eigenvalue weighted by Crippen LogP contribution is 2.10. The first-order chi connectivity index (χ1) is 10.4. The molecule has 0 aliphatic carbocycles. The smallest absolute Gasteiger partial charge is 0.0233 e. The van der Waals surface area contributed by atoms with E-state index >= 15 is 0 Å². The van der Waals surface area contributed by atoms with E-state index in [9.17, 15) is 0 Å². The lowest BCUT2D eigenvalue weighted by atomic mass is 10.1. The Bertz CT molecular complexity index is 320. The molecule has 0 saturated carbocycles. The van der Waals surface area contributed by atoms with Crippen molar-refractivity contribution in [2.45, 2.75) is 78.2 Å². The standard InChI is InChI=1S/C20H35N/c1-3-5-7-9-14-18-21(17-13-8-6-4-2)19-20-15-11-10-12-16-20/h10-12,15-16H,3-9,13-14,17-19H2,1-2H3. The molecule has 21 heavy (non-hydrogen) atoms. The minimum absolute atomic E-state index is 1.13. The molecular weight excluding hydrogens is 254 g/mol. The Kier molecular flexibility index (Phi) is 11.2. The van der Waals surface area contributed by atoms with Crippen molar-refractivity contribution in [2.75, 3.05) is 13.1 Å². The molecule has 0 radical (unpaired) electrons. The van der Waals surface area contributed by atoms with Crippen molar-refractivity contribution in [3.8, 4) is 0 Å². The van der Waals surface area contributed by atoms with Crippen LogP contribution in [0.4, 0.5) is 0 Å². The molecule has 0 unspecified atom stereocenters. The normalized spacial score (nSPS) is 11.2. The largest absolute Gasteiger partial charge is 0.299 e. The Hall–Kier alpha value is -0.820. The molecular formula is C20H35N. The first kappa shape index (κ1) is 18.2. The lowest BCUT2D eigenvalue weighted by molar-refractivity contribution is 0.252. The van der Waals surface area contributed by atoms with E-state index in [0.717, 1.165) is 6.54 Å². The van der Waals surface area contributed by atoms with Crippen LogP contribution in [-0.4, -0.2) is 18.0 Å². The number of rotatable bonds is 13. The maximum absolute atomic E-state index is 2.66. The number of hydrogen-bond acceptors (Lipinski definition) is 1. The minimum atomic E-state index is 1.13. The van der Waals surface area contributed by atoms with Crippen LogP contribution in [0.1, 0.15) is 77.2 Å². The molecule has 0 aliphatic rings. The highest BCUT2D eigenvalue weighted by molar-refractivity contribution is 5.14. The Balaban J connectivity index is 2.30. The van der Waals surface area contributed by atoms with Crippen molar-refractivity contribution in [3.05, 3.63) is 35.9 Å². The molecule has 0 aromatic heterocycles. The second kappa shape index (κ2) is 12.9. The molecule has 0 atom stereocenters. The fourth-order valence-electron chi connectivity index (χ4n) is 2.81. The third-order valence-electron chi connectivity index (χ3n) is 4.15. The molecule has 0 N–H and O–H groups in total. The van der Waals surface area contributed by atoms with Crippen molar-refractivity contribution in [3.63, 3.8) is 0 Å². The van der Waals surface area contributed by atoms with Crippen LogP contribution < -0.4 is 0 Å². The van der Waals surface area contributed by atoms with Gasteiger partial charge in [0.1, 0.15) is 0 Å². The summed E-state index contributed by atoms with van der Waals surface area (Å²) in [7, 11) is 0. The van der Waals surface area contributed by atoms with E-state index < -0.39 is 0 Å². The van der Waals surface area contributed by atoms with Crippen LogP contribution in [0.5, 0.6) is 0 Å². The van der Waals surface area contributed by atoms with E-state index in [1.807, 2.05) is 0 Å². The van der Waals surface area contributed by atoms with Crippen molar-refractivity contribution < 1.29 is 0 Å². The van der Waals surface area contributed by atoms with Gasteiger partial charge in [0.25, 0.3) is 0 Å². The maximum Gasteiger partial charge on any atom is 0.0233 e. The van der Waals surface area contributed by atoms with Gasteiger partial charge in [-0.1, -0.05) is 89.1 Å². The van der Waals surface area contributed by atoms with Gasteiger partial charge in [0.15, 0.2) is 0 Å². The summed E-state index contributed by atoms with van der Waals surface area (Å²) in [6.07, 6.45) is 12.4. The number of nitrogens with zero attached hydrogens (tertiary/aromatic N) is 1. The number of hydrogen-bond donors (Lipinski definition) is 0. The molecule has 0 aliphatic heterocycles. The van der Waals surface area contributed by atoms with E-state index in [1.165, 1.54) is 76.4 Å². The van der Waals surface area contributed by atoms with Gasteiger partial charge >= 0.3 is 0 Å². The molecule has 1 rings (SSSR count). The zero-order valence-electron chi connectivity index (χ0n) is 14.3. The van der Waals surface area contributed by atoms with Crippen molar-refractivity contribution >= 4 is 0 Å². The molecule has 1 heteroatoms. The van der Waals surface area contributed by atoms with Gasteiger partial charge in [0.05, 0.1) is 0 Å². The number of unbranched alkanes of at least 4 members (excludes halogenated alkanes) is 7. The van der Waals surface area contributed by atoms with E-state index in [0.29, 0.717) is 0 Å². The summed E-state index contributed by atoms with van der Waals surface area (Å²) in [5.41, 5.74) is 1.46. The van der Waals surface area contributed by atoms with E-state index in [4.69, 9.17) is 0 Å². The molecule has 1 aromatic rings. The zero-order chi connectivity index (χ0) is 15.2. The molecule has 0 bridgehead atoms. The summed E-state index contributed by atoms with van der Waals surface area (Å²) in [5, 5.41) is 0. The predicted octanol–water partition coefficient (Wildman–Crippen LogP) is 6.04. The SMILES string of the molecule is CCCCCCCN(CCCCCC)Cc1ccccc1. The van der Waals surface area contributed by atoms with Crippen LogP contribution >= 0.6 is 0 Å². The Labute approximate surface area is 132 Å². The summed E-state index contributed by atoms with van der Waals surface area (Å²) >= 11 is 0. The molecule has 0 amide bonds. The van der Waals surface area contributed by atoms with Gasteiger partial charge < -0.3 is 0 Å². The molecule has 1 aromatic carbocycles. The van der Waals surface area contributed by atoms with Crippen molar-refractivity contribution in [2.24, 2.45) is 0 Å². The third kappa shape index (κ3) is 9.68. The Morgan fingerprint density at radius 2 is 1.19 bits per heavy atom. The fourth-order valence-corrected chi connectivity index (χ4v) is 2.81. The second-order valence-electron chi connectivity index (χ2n) is 6.24. The predicted molar refractivity (Wildman–Crippen MR) is 94.6 cm³/mol. The van der Waals surface area contributed by atoms with Gasteiger partial charge in [-0.25, -0.2) is 0 Å². The Morgan fingerprint density at radius 1 is 0.667 bits per heavy atom. The van der Waals surface area contributed by atoms with Crippen LogP contribution in [0, 0.1) is 0 Å². The third-order valence-corrected chi connectivity index (χ3v) is 4.15. The fraction of sp³-hybridized carbons (Fsp3) is 0.700. The number of benzene rings is 1. The summed E-state index contributed by atoms with van der Waals surface area (Å²) in [6, 6.07) is 10.9. The lowest BCUT2D eigenvalue weighted by Crippen LogP contribution is -2.25. The molecule has 120 valence electrons. The van der Waals surface area contributed by atoms with E-state index in [1.54, 1.807) is 0 Å². The van der Waals surface area contributed by atoms with Gasteiger partial charge in [-0.15, -0.1) is 0 Å². The first-order valence-corrected chi connectivity index (χ1v) is 9.13. The Morgan fingerprint density at radius 3 is 1.76 bits per heavy atom. The quantitative estimate of drug-likeness (QED) is 0.400. The summed E-state index contributed by atoms with van der Waals surface area (Å²) in [4.78, 5) is 2.66. The van der Waals surface area contributed by atoms with Crippen LogP contribution in [0.15, 0.2) is 30.3 Å². The van der Waals surface area contributed by atoms with Gasteiger partial charge in [0, 0.05) is 6.54 Å². The van der Waals surface area contributed by atoms with E-state index in [2.05, 4.69) is 49.1 Å². The first-order valence-electron chi connectivity index (χ1n) is 9.13.